The molecule has 7 nitrogen and oxygen atoms in total. The van der Waals surface area contributed by atoms with Crippen LogP contribution in [0.1, 0.15) is 25.1 Å². The van der Waals surface area contributed by atoms with Gasteiger partial charge in [0.1, 0.15) is 11.3 Å². The monoisotopic (exact) mass is 411 g/mol. The van der Waals surface area contributed by atoms with E-state index in [0.29, 0.717) is 12.2 Å². The number of nitrogens with one attached hydrogen (secondary N) is 1. The summed E-state index contributed by atoms with van der Waals surface area (Å²) in [6.07, 6.45) is 0.551. The second-order valence-electron chi connectivity index (χ2n) is 6.47. The Balaban J connectivity index is 1.40. The zero-order valence-electron chi connectivity index (χ0n) is 14.8. The van der Waals surface area contributed by atoms with Crippen molar-refractivity contribution in [3.63, 3.8) is 0 Å². The summed E-state index contributed by atoms with van der Waals surface area (Å²) in [4.78, 5) is 23.7. The van der Waals surface area contributed by atoms with E-state index in [1.165, 1.54) is 11.8 Å². The molecule has 0 aliphatic carbocycles. The normalized spacial score (nSPS) is 19.7. The number of furan rings is 1. The number of benzene rings is 1. The predicted molar refractivity (Wildman–Crippen MR) is 103 cm³/mol. The first-order valence-corrected chi connectivity index (χ1v) is 11.4. The Kier molecular flexibility index (Phi) is 6.11. The maximum atomic E-state index is 12.0. The Bertz CT molecular complexity index is 903. The number of carbonyl (C=O) groups is 2. The third-order valence-corrected chi connectivity index (χ3v) is 7.50. The van der Waals surface area contributed by atoms with Crippen LogP contribution in [0, 0.1) is 0 Å². The predicted octanol–water partition coefficient (Wildman–Crippen LogP) is 2.07. The Hall–Kier alpha value is -2.00. The van der Waals surface area contributed by atoms with Crippen molar-refractivity contribution in [3.05, 3.63) is 36.1 Å². The molecule has 1 N–H and O–H groups in total. The SMILES string of the molecule is C[C@@H](NC(=O)COC(=O)CS[C@H]1CCS(=O)(=O)C1)c1cc2ccccc2o1. The summed E-state index contributed by atoms with van der Waals surface area (Å²) >= 11 is 1.26. The lowest BCUT2D eigenvalue weighted by Crippen LogP contribution is -2.31. The lowest BCUT2D eigenvalue weighted by molar-refractivity contribution is -0.146. The molecule has 27 heavy (non-hydrogen) atoms. The maximum Gasteiger partial charge on any atom is 0.316 e. The molecule has 1 saturated heterocycles. The van der Waals surface area contributed by atoms with Crippen LogP contribution in [0.5, 0.6) is 0 Å². The highest BCUT2D eigenvalue weighted by Crippen LogP contribution is 2.25. The molecule has 0 spiro atoms. The Morgan fingerprint density at radius 3 is 2.85 bits per heavy atom. The highest BCUT2D eigenvalue weighted by atomic mass is 32.2. The minimum atomic E-state index is -2.96. The number of para-hydroxylation sites is 1. The molecular weight excluding hydrogens is 390 g/mol. The van der Waals surface area contributed by atoms with Gasteiger partial charge in [-0.05, 0) is 25.5 Å². The van der Waals surface area contributed by atoms with Crippen molar-refractivity contribution in [1.29, 1.82) is 0 Å². The van der Waals surface area contributed by atoms with Gasteiger partial charge in [0.15, 0.2) is 16.4 Å². The molecule has 1 aliphatic rings. The molecular formula is C18H21NO6S2. The number of rotatable bonds is 7. The second kappa shape index (κ2) is 8.35. The number of carbonyl (C=O) groups excluding carboxylic acids is 2. The first-order chi connectivity index (χ1) is 12.8. The number of thioether (sulfide) groups is 1. The number of ether oxygens (including phenoxy) is 1. The minimum Gasteiger partial charge on any atom is -0.459 e. The van der Waals surface area contributed by atoms with E-state index in [4.69, 9.17) is 9.15 Å². The molecule has 146 valence electrons. The van der Waals surface area contributed by atoms with Crippen molar-refractivity contribution < 1.29 is 27.2 Å². The van der Waals surface area contributed by atoms with Gasteiger partial charge in [0.25, 0.3) is 5.91 Å². The van der Waals surface area contributed by atoms with Crippen LogP contribution in [0.25, 0.3) is 11.0 Å². The zero-order chi connectivity index (χ0) is 19.4. The minimum absolute atomic E-state index is 0.0343. The molecule has 1 aromatic carbocycles. The number of amides is 1. The van der Waals surface area contributed by atoms with Gasteiger partial charge >= 0.3 is 5.97 Å². The van der Waals surface area contributed by atoms with Crippen LogP contribution < -0.4 is 5.32 Å². The molecule has 1 amide bonds. The van der Waals surface area contributed by atoms with Crippen molar-refractivity contribution >= 4 is 44.4 Å². The number of sulfone groups is 1. The van der Waals surface area contributed by atoms with E-state index in [0.717, 1.165) is 11.0 Å². The van der Waals surface area contributed by atoms with Gasteiger partial charge in [-0.3, -0.25) is 9.59 Å². The first-order valence-electron chi connectivity index (χ1n) is 8.58. The Morgan fingerprint density at radius 1 is 1.37 bits per heavy atom. The molecule has 0 unspecified atom stereocenters. The van der Waals surface area contributed by atoms with Crippen molar-refractivity contribution in [2.75, 3.05) is 23.9 Å². The fraction of sp³-hybridized carbons (Fsp3) is 0.444. The average Bonchev–Trinajstić information content (AvgIpc) is 3.21. The summed E-state index contributed by atoms with van der Waals surface area (Å²) in [6.45, 7) is 1.40. The van der Waals surface area contributed by atoms with Crippen LogP contribution in [0.3, 0.4) is 0 Å². The van der Waals surface area contributed by atoms with E-state index >= 15 is 0 Å². The van der Waals surface area contributed by atoms with E-state index in [1.807, 2.05) is 30.3 Å². The van der Waals surface area contributed by atoms with E-state index in [2.05, 4.69) is 5.32 Å². The number of esters is 1. The fourth-order valence-electron chi connectivity index (χ4n) is 2.84. The molecule has 0 radical (unpaired) electrons. The van der Waals surface area contributed by atoms with Gasteiger partial charge in [0, 0.05) is 10.6 Å². The van der Waals surface area contributed by atoms with Gasteiger partial charge in [-0.15, -0.1) is 11.8 Å². The topological polar surface area (TPSA) is 103 Å². The van der Waals surface area contributed by atoms with Crippen molar-refractivity contribution in [2.45, 2.75) is 24.6 Å². The molecule has 2 atom stereocenters. The summed E-state index contributed by atoms with van der Waals surface area (Å²) in [5.41, 5.74) is 0.742. The Morgan fingerprint density at radius 2 is 2.15 bits per heavy atom. The Labute approximate surface area is 161 Å². The number of hydrogen-bond donors (Lipinski definition) is 1. The quantitative estimate of drug-likeness (QED) is 0.696. The van der Waals surface area contributed by atoms with Crippen LogP contribution >= 0.6 is 11.8 Å². The summed E-state index contributed by atoms with van der Waals surface area (Å²) in [7, 11) is -2.96. The van der Waals surface area contributed by atoms with Gasteiger partial charge in [-0.1, -0.05) is 18.2 Å². The van der Waals surface area contributed by atoms with Crippen LogP contribution in [0.4, 0.5) is 0 Å². The van der Waals surface area contributed by atoms with Crippen molar-refractivity contribution in [2.24, 2.45) is 0 Å². The van der Waals surface area contributed by atoms with Crippen LogP contribution in [-0.4, -0.2) is 49.4 Å². The van der Waals surface area contributed by atoms with Gasteiger partial charge in [0.2, 0.25) is 0 Å². The number of hydrogen-bond acceptors (Lipinski definition) is 7. The van der Waals surface area contributed by atoms with Crippen molar-refractivity contribution in [3.8, 4) is 0 Å². The highest BCUT2D eigenvalue weighted by Gasteiger charge is 2.28. The fourth-order valence-corrected chi connectivity index (χ4v) is 6.28. The summed E-state index contributed by atoms with van der Waals surface area (Å²) in [6, 6.07) is 9.05. The maximum absolute atomic E-state index is 12.0. The third-order valence-electron chi connectivity index (χ3n) is 4.24. The molecule has 3 rings (SSSR count). The molecule has 2 heterocycles. The lowest BCUT2D eigenvalue weighted by atomic mass is 10.2. The van der Waals surface area contributed by atoms with E-state index < -0.39 is 21.7 Å². The molecule has 1 aliphatic heterocycles. The van der Waals surface area contributed by atoms with Crippen LogP contribution in [-0.2, 0) is 24.2 Å². The van der Waals surface area contributed by atoms with Crippen molar-refractivity contribution in [1.82, 2.24) is 5.32 Å². The molecule has 9 heteroatoms. The molecule has 0 saturated carbocycles. The number of fused-ring (bicyclic) bond motifs is 1. The second-order valence-corrected chi connectivity index (χ2v) is 9.99. The summed E-state index contributed by atoms with van der Waals surface area (Å²) in [5, 5.41) is 3.60. The van der Waals surface area contributed by atoms with Crippen LogP contribution in [0.2, 0.25) is 0 Å². The average molecular weight is 412 g/mol. The molecule has 1 fully saturated rings. The van der Waals surface area contributed by atoms with Gasteiger partial charge < -0.3 is 14.5 Å². The molecule has 0 bridgehead atoms. The van der Waals surface area contributed by atoms with Crippen LogP contribution in [0.15, 0.2) is 34.7 Å². The van der Waals surface area contributed by atoms with Gasteiger partial charge in [-0.25, -0.2) is 8.42 Å². The third kappa shape index (κ3) is 5.49. The van der Waals surface area contributed by atoms with Gasteiger partial charge in [0.05, 0.1) is 23.3 Å². The standard InChI is InChI=1S/C18H21NO6S2/c1-12(16-8-13-4-2-3-5-15(13)25-16)19-17(20)9-24-18(21)10-26-14-6-7-27(22,23)11-14/h2-5,8,12,14H,6-7,9-11H2,1H3,(H,19,20)/t12-,14+/m1/s1. The zero-order valence-corrected chi connectivity index (χ0v) is 16.5. The summed E-state index contributed by atoms with van der Waals surface area (Å²) in [5.74, 6) is -0.0380. The van der Waals surface area contributed by atoms with Gasteiger partial charge in [-0.2, -0.15) is 0 Å². The highest BCUT2D eigenvalue weighted by molar-refractivity contribution is 8.02. The molecule has 1 aromatic heterocycles. The molecule has 2 aromatic rings. The van der Waals surface area contributed by atoms with E-state index in [9.17, 15) is 18.0 Å². The largest absolute Gasteiger partial charge is 0.459 e. The summed E-state index contributed by atoms with van der Waals surface area (Å²) < 4.78 is 33.4. The van der Waals surface area contributed by atoms with E-state index in [1.54, 1.807) is 6.92 Å². The smallest absolute Gasteiger partial charge is 0.316 e. The van der Waals surface area contributed by atoms with E-state index in [-0.39, 0.29) is 35.2 Å². The first kappa shape index (κ1) is 19.8. The lowest BCUT2D eigenvalue weighted by Gasteiger charge is -2.12.